The molecule has 1 amide bonds. The number of nitriles is 1. The van der Waals surface area contributed by atoms with Gasteiger partial charge in [-0.25, -0.2) is 4.98 Å². The van der Waals surface area contributed by atoms with Gasteiger partial charge in [0.25, 0.3) is 0 Å². The molecule has 0 fully saturated rings. The molecule has 4 rings (SSSR count). The SMILES string of the molecule is CC(C)(C)C(=O)CSC#N.CCCCC(CC)CN(CC(CC)CCCC)c1nc(C(C)(C)C)cs1.COc1ccc(NC(C)=O)cc1N(Cc1ccc(C(C)(C)C)cc1)Cc1ccc(C(C)(C)C)cc1. The van der Waals surface area contributed by atoms with E-state index in [2.05, 4.69) is 159 Å². The number of carbonyl (C=O) groups excluding carboxylic acids is 2. The zero-order valence-corrected chi connectivity index (χ0v) is 49.2. The molecule has 0 saturated heterocycles. The summed E-state index contributed by atoms with van der Waals surface area (Å²) in [5.41, 5.74) is 8.07. The Morgan fingerprint density at radius 1 is 0.718 bits per heavy atom. The van der Waals surface area contributed by atoms with Gasteiger partial charge in [-0.2, -0.15) is 5.26 Å². The number of thiocyanates is 1. The molecule has 4 aromatic rings. The Hall–Kier alpha value is -4.33. The molecule has 1 N–H and O–H groups in total. The molecule has 2 atom stereocenters. The van der Waals surface area contributed by atoms with Crippen molar-refractivity contribution in [3.05, 3.63) is 100 Å². The highest BCUT2D eigenvalue weighted by Gasteiger charge is 2.24. The van der Waals surface area contributed by atoms with E-state index in [-0.39, 0.29) is 33.4 Å². The molecule has 8 nitrogen and oxygen atoms in total. The summed E-state index contributed by atoms with van der Waals surface area (Å²) in [5.74, 6) is 2.69. The van der Waals surface area contributed by atoms with E-state index in [0.717, 1.165) is 40.7 Å². The molecule has 2 unspecified atom stereocenters. The number of anilines is 3. The molecule has 10 heteroatoms. The number of ether oxygens (including phenoxy) is 1. The second kappa shape index (κ2) is 30.0. The number of hydrogen-bond acceptors (Lipinski definition) is 9. The van der Waals surface area contributed by atoms with Gasteiger partial charge in [-0.1, -0.05) is 198 Å². The fraction of sp³-hybridized carbons (Fsp3) is 0.607. The van der Waals surface area contributed by atoms with Crippen LogP contribution < -0.4 is 19.9 Å². The monoisotopic (exact) mass is 1010 g/mol. The molecule has 0 bridgehead atoms. The van der Waals surface area contributed by atoms with Crippen molar-refractivity contribution in [3.63, 3.8) is 0 Å². The third kappa shape index (κ3) is 23.0. The number of thioether (sulfide) groups is 1. The summed E-state index contributed by atoms with van der Waals surface area (Å²) >= 11 is 2.85. The van der Waals surface area contributed by atoms with E-state index in [9.17, 15) is 9.59 Å². The highest BCUT2D eigenvalue weighted by molar-refractivity contribution is 8.04. The number of nitrogens with one attached hydrogen (secondary N) is 1. The van der Waals surface area contributed by atoms with Gasteiger partial charge in [-0.05, 0) is 87.7 Å². The minimum absolute atomic E-state index is 0.0943. The molecule has 0 aliphatic rings. The van der Waals surface area contributed by atoms with Crippen LogP contribution in [0, 0.1) is 27.9 Å². The Kier molecular flexibility index (Phi) is 26.5. The lowest BCUT2D eigenvalue weighted by Crippen LogP contribution is -2.34. The molecule has 0 aliphatic carbocycles. The summed E-state index contributed by atoms with van der Waals surface area (Å²) < 4.78 is 5.73. The average molecular weight is 1010 g/mol. The normalized spacial score (nSPS) is 12.6. The van der Waals surface area contributed by atoms with Crippen LogP contribution in [0.5, 0.6) is 5.75 Å². The number of Topliss-reactive ketones (excluding diaryl/α,β-unsaturated/α-hetero) is 1. The van der Waals surface area contributed by atoms with Crippen molar-refractivity contribution < 1.29 is 14.3 Å². The number of amides is 1. The standard InChI is InChI=1S/C31H40N2O2.C23H44N2S.C7H11NOS/c1-22(34)32-27-17-18-29(35-8)28(19-27)33(20-23-9-13-25(14-10-23)30(2,3)4)21-24-11-15-26(16-12-24)31(5,6)7;1-8-12-14-19(10-3)16-25(17-20(11-4)15-13-9-2)22-24-21(18-26-22)23(5,6)7;1-7(2,3)6(9)4-10-5-8/h9-19H,20-21H2,1-8H3,(H,32,34);18-20H,8-17H2,1-7H3;4H2,1-3H3. The maximum atomic E-state index is 11.7. The van der Waals surface area contributed by atoms with E-state index in [1.807, 2.05) is 55.7 Å². The number of nitrogens with zero attached hydrogens (tertiary/aromatic N) is 4. The van der Waals surface area contributed by atoms with Crippen molar-refractivity contribution in [3.8, 4) is 11.2 Å². The van der Waals surface area contributed by atoms with Crippen molar-refractivity contribution in [2.75, 3.05) is 41.1 Å². The molecular formula is C61H95N5O3S2. The van der Waals surface area contributed by atoms with E-state index in [1.54, 1.807) is 7.11 Å². The quantitative estimate of drug-likeness (QED) is 0.0778. The van der Waals surface area contributed by atoms with Crippen LogP contribution in [0.1, 0.15) is 197 Å². The Morgan fingerprint density at radius 3 is 1.55 bits per heavy atom. The molecule has 0 aliphatic heterocycles. The topological polar surface area (TPSA) is 98.6 Å². The summed E-state index contributed by atoms with van der Waals surface area (Å²) in [4.78, 5) is 32.8. The minimum Gasteiger partial charge on any atom is -0.495 e. The molecule has 1 heterocycles. The highest BCUT2D eigenvalue weighted by Crippen LogP contribution is 2.35. The molecule has 0 radical (unpaired) electrons. The summed E-state index contributed by atoms with van der Waals surface area (Å²) in [6.07, 6.45) is 10.6. The molecule has 394 valence electrons. The van der Waals surface area contributed by atoms with E-state index in [0.29, 0.717) is 18.8 Å². The molecule has 71 heavy (non-hydrogen) atoms. The van der Waals surface area contributed by atoms with Gasteiger partial charge in [0.1, 0.15) is 16.9 Å². The number of benzene rings is 3. The van der Waals surface area contributed by atoms with Crippen LogP contribution in [0.2, 0.25) is 0 Å². The number of aromatic nitrogens is 1. The first-order valence-corrected chi connectivity index (χ1v) is 28.2. The smallest absolute Gasteiger partial charge is 0.221 e. The Morgan fingerprint density at radius 2 is 1.20 bits per heavy atom. The lowest BCUT2D eigenvalue weighted by molar-refractivity contribution is -0.123. The summed E-state index contributed by atoms with van der Waals surface area (Å²) in [7, 11) is 1.69. The number of thiazole rings is 1. The van der Waals surface area contributed by atoms with Gasteiger partial charge < -0.3 is 19.9 Å². The van der Waals surface area contributed by atoms with Crippen molar-refractivity contribution in [2.45, 2.75) is 198 Å². The number of carbonyl (C=O) groups is 2. The van der Waals surface area contributed by atoms with Crippen molar-refractivity contribution in [2.24, 2.45) is 17.3 Å². The second-order valence-electron chi connectivity index (χ2n) is 23.4. The molecule has 1 aromatic heterocycles. The van der Waals surface area contributed by atoms with Crippen LogP contribution >= 0.6 is 23.1 Å². The maximum absolute atomic E-state index is 11.7. The van der Waals surface area contributed by atoms with Crippen LogP contribution in [-0.2, 0) is 38.9 Å². The zero-order valence-electron chi connectivity index (χ0n) is 47.6. The predicted octanol–water partition coefficient (Wildman–Crippen LogP) is 17.0. The molecule has 0 spiro atoms. The average Bonchev–Trinajstić information content (AvgIpc) is 3.82. The number of ketones is 1. The Labute approximate surface area is 441 Å². The maximum Gasteiger partial charge on any atom is 0.221 e. The predicted molar refractivity (Wildman–Crippen MR) is 310 cm³/mol. The van der Waals surface area contributed by atoms with Crippen LogP contribution in [0.3, 0.4) is 0 Å². The first-order chi connectivity index (χ1) is 33.2. The highest BCUT2D eigenvalue weighted by atomic mass is 32.2. The largest absolute Gasteiger partial charge is 0.495 e. The van der Waals surface area contributed by atoms with Crippen LogP contribution in [0.15, 0.2) is 72.1 Å². The summed E-state index contributed by atoms with van der Waals surface area (Å²) in [6.45, 7) is 40.4. The first kappa shape index (κ1) is 62.8. The van der Waals surface area contributed by atoms with Crippen molar-refractivity contribution in [1.82, 2.24) is 4.98 Å². The number of methoxy groups -OCH3 is 1. The second-order valence-corrected chi connectivity index (χ2v) is 25.0. The van der Waals surface area contributed by atoms with Gasteiger partial charge >= 0.3 is 0 Å². The minimum atomic E-state index is -0.302. The Balaban J connectivity index is 0.000000421. The Bertz CT molecular complexity index is 2120. The van der Waals surface area contributed by atoms with Gasteiger partial charge in [0.05, 0.1) is 24.2 Å². The van der Waals surface area contributed by atoms with E-state index in [1.165, 1.54) is 104 Å². The van der Waals surface area contributed by atoms with E-state index in [4.69, 9.17) is 15.0 Å². The third-order valence-electron chi connectivity index (χ3n) is 12.9. The van der Waals surface area contributed by atoms with Gasteiger partial charge in [-0.15, -0.1) is 11.3 Å². The fourth-order valence-corrected chi connectivity index (χ4v) is 9.56. The lowest BCUT2D eigenvalue weighted by atomic mass is 9.86. The number of unbranched alkanes of at least 4 members (excludes halogenated alkanes) is 2. The summed E-state index contributed by atoms with van der Waals surface area (Å²) in [6, 6.07) is 23.5. The molecule has 0 saturated carbocycles. The van der Waals surface area contributed by atoms with E-state index < -0.39 is 0 Å². The van der Waals surface area contributed by atoms with Gasteiger partial charge in [-0.3, -0.25) is 9.59 Å². The number of rotatable bonds is 22. The summed E-state index contributed by atoms with van der Waals surface area (Å²) in [5, 5.41) is 16.4. The number of hydrogen-bond donors (Lipinski definition) is 1. The lowest BCUT2D eigenvalue weighted by Gasteiger charge is -2.30. The van der Waals surface area contributed by atoms with E-state index >= 15 is 0 Å². The van der Waals surface area contributed by atoms with Crippen molar-refractivity contribution >= 4 is 51.3 Å². The zero-order chi connectivity index (χ0) is 53.6. The molecular weight excluding hydrogens is 915 g/mol. The van der Waals surface area contributed by atoms with Gasteiger partial charge in [0, 0.05) is 55.0 Å². The fourth-order valence-electron chi connectivity index (χ4n) is 7.86. The van der Waals surface area contributed by atoms with Crippen LogP contribution in [0.4, 0.5) is 16.5 Å². The van der Waals surface area contributed by atoms with Gasteiger partial charge in [0.15, 0.2) is 5.13 Å². The van der Waals surface area contributed by atoms with Gasteiger partial charge in [0.2, 0.25) is 5.91 Å². The third-order valence-corrected chi connectivity index (χ3v) is 14.3. The van der Waals surface area contributed by atoms with Crippen LogP contribution in [-0.4, -0.2) is 42.6 Å². The van der Waals surface area contributed by atoms with Crippen molar-refractivity contribution in [1.29, 1.82) is 5.26 Å². The first-order valence-electron chi connectivity index (χ1n) is 26.3. The van der Waals surface area contributed by atoms with Crippen LogP contribution in [0.25, 0.3) is 0 Å². The molecule has 3 aromatic carbocycles.